The van der Waals surface area contributed by atoms with Crippen LogP contribution in [0.25, 0.3) is 0 Å². The zero-order chi connectivity index (χ0) is 12.7. The van der Waals surface area contributed by atoms with Crippen molar-refractivity contribution in [2.45, 2.75) is 19.9 Å². The third-order valence-electron chi connectivity index (χ3n) is 2.46. The van der Waals surface area contributed by atoms with Crippen molar-refractivity contribution in [3.8, 4) is 11.8 Å². The predicted octanol–water partition coefficient (Wildman–Crippen LogP) is 2.57. The Labute approximate surface area is 101 Å². The maximum atomic E-state index is 13.5. The molecule has 0 heterocycles. The summed E-state index contributed by atoms with van der Waals surface area (Å²) in [6, 6.07) is 7.01. The number of methoxy groups -OCH3 is 1. The van der Waals surface area contributed by atoms with Crippen molar-refractivity contribution in [2.75, 3.05) is 20.2 Å². The monoisotopic (exact) mass is 236 g/mol. The Morgan fingerprint density at radius 3 is 2.76 bits per heavy atom. The lowest BCUT2D eigenvalue weighted by atomic mass is 10.2. The number of nitriles is 1. The van der Waals surface area contributed by atoms with Gasteiger partial charge in [0.1, 0.15) is 0 Å². The van der Waals surface area contributed by atoms with Gasteiger partial charge in [0.05, 0.1) is 19.7 Å². The minimum atomic E-state index is -0.363. The second kappa shape index (κ2) is 6.87. The van der Waals surface area contributed by atoms with E-state index in [1.54, 1.807) is 6.07 Å². The maximum absolute atomic E-state index is 13.5. The minimum absolute atomic E-state index is 0.246. The quantitative estimate of drug-likeness (QED) is 0.712. The summed E-state index contributed by atoms with van der Waals surface area (Å²) in [5.41, 5.74) is 0.854. The fourth-order valence-corrected chi connectivity index (χ4v) is 1.70. The fourth-order valence-electron chi connectivity index (χ4n) is 1.70. The lowest BCUT2D eigenvalue weighted by molar-refractivity contribution is 0.297. The molecule has 0 unspecified atom stereocenters. The van der Waals surface area contributed by atoms with E-state index >= 15 is 0 Å². The molecule has 0 radical (unpaired) electrons. The van der Waals surface area contributed by atoms with Gasteiger partial charge in [0.25, 0.3) is 0 Å². The molecule has 0 aliphatic heterocycles. The van der Waals surface area contributed by atoms with Crippen molar-refractivity contribution in [2.24, 2.45) is 0 Å². The fraction of sp³-hybridized carbons (Fsp3) is 0.462. The third-order valence-corrected chi connectivity index (χ3v) is 2.46. The number of halogens is 1. The van der Waals surface area contributed by atoms with Crippen LogP contribution < -0.4 is 4.74 Å². The van der Waals surface area contributed by atoms with E-state index < -0.39 is 0 Å². The normalized spacial score (nSPS) is 10.3. The molecule has 0 amide bonds. The van der Waals surface area contributed by atoms with E-state index in [4.69, 9.17) is 10.00 Å². The van der Waals surface area contributed by atoms with Crippen LogP contribution in [0.15, 0.2) is 18.2 Å². The van der Waals surface area contributed by atoms with E-state index in [9.17, 15) is 4.39 Å². The molecule has 1 aromatic rings. The number of benzene rings is 1. The molecular formula is C13H17FN2O. The molecule has 0 fully saturated rings. The van der Waals surface area contributed by atoms with E-state index in [0.29, 0.717) is 13.1 Å². The van der Waals surface area contributed by atoms with Crippen LogP contribution in [0.1, 0.15) is 18.9 Å². The van der Waals surface area contributed by atoms with Crippen molar-refractivity contribution in [1.82, 2.24) is 4.90 Å². The Hall–Kier alpha value is -1.60. The summed E-state index contributed by atoms with van der Waals surface area (Å²) < 4.78 is 18.3. The van der Waals surface area contributed by atoms with Crippen LogP contribution in [0.2, 0.25) is 0 Å². The highest BCUT2D eigenvalue weighted by Crippen LogP contribution is 2.18. The summed E-state index contributed by atoms with van der Waals surface area (Å²) in [4.78, 5) is 1.99. The van der Waals surface area contributed by atoms with Crippen molar-refractivity contribution in [3.05, 3.63) is 29.6 Å². The van der Waals surface area contributed by atoms with E-state index in [1.165, 1.54) is 13.2 Å². The molecule has 0 N–H and O–H groups in total. The third kappa shape index (κ3) is 4.04. The van der Waals surface area contributed by atoms with Gasteiger partial charge in [0.2, 0.25) is 0 Å². The first-order chi connectivity index (χ1) is 8.21. The molecule has 3 nitrogen and oxygen atoms in total. The van der Waals surface area contributed by atoms with Gasteiger partial charge in [-0.1, -0.05) is 13.0 Å². The molecule has 0 saturated heterocycles. The van der Waals surface area contributed by atoms with Crippen LogP contribution in [0.3, 0.4) is 0 Å². The topological polar surface area (TPSA) is 36.3 Å². The highest BCUT2D eigenvalue weighted by atomic mass is 19.1. The summed E-state index contributed by atoms with van der Waals surface area (Å²) in [6.07, 6.45) is 0.973. The smallest absolute Gasteiger partial charge is 0.165 e. The lowest BCUT2D eigenvalue weighted by Crippen LogP contribution is -2.24. The molecule has 1 aromatic carbocycles. The van der Waals surface area contributed by atoms with Crippen LogP contribution in [-0.2, 0) is 6.54 Å². The summed E-state index contributed by atoms with van der Waals surface area (Å²) in [5.74, 6) is -0.116. The Morgan fingerprint density at radius 1 is 1.47 bits per heavy atom. The maximum Gasteiger partial charge on any atom is 0.165 e. The molecule has 0 bridgehead atoms. The average Bonchev–Trinajstić information content (AvgIpc) is 2.30. The lowest BCUT2D eigenvalue weighted by Gasteiger charge is -2.18. The molecule has 0 aromatic heterocycles. The van der Waals surface area contributed by atoms with Gasteiger partial charge in [0, 0.05) is 6.54 Å². The van der Waals surface area contributed by atoms with Gasteiger partial charge in [-0.2, -0.15) is 5.26 Å². The highest BCUT2D eigenvalue weighted by molar-refractivity contribution is 5.29. The van der Waals surface area contributed by atoms with Gasteiger partial charge in [-0.3, -0.25) is 4.90 Å². The molecule has 92 valence electrons. The van der Waals surface area contributed by atoms with Gasteiger partial charge in [0.15, 0.2) is 11.6 Å². The Bertz CT molecular complexity index is 401. The first kappa shape index (κ1) is 13.5. The summed E-state index contributed by atoms with van der Waals surface area (Å²) in [5, 5.41) is 8.69. The number of rotatable bonds is 6. The number of hydrogen-bond donors (Lipinski definition) is 0. The van der Waals surface area contributed by atoms with Gasteiger partial charge in [-0.25, -0.2) is 4.39 Å². The minimum Gasteiger partial charge on any atom is -0.494 e. The predicted molar refractivity (Wildman–Crippen MR) is 64.1 cm³/mol. The molecule has 0 spiro atoms. The number of hydrogen-bond acceptors (Lipinski definition) is 3. The van der Waals surface area contributed by atoms with E-state index in [0.717, 1.165) is 18.5 Å². The van der Waals surface area contributed by atoms with Crippen LogP contribution in [-0.4, -0.2) is 25.1 Å². The molecule has 1 rings (SSSR count). The van der Waals surface area contributed by atoms with Gasteiger partial charge in [-0.05, 0) is 30.7 Å². The Kier molecular flexibility index (Phi) is 5.44. The number of ether oxygens (including phenoxy) is 1. The molecule has 0 atom stereocenters. The standard InChI is InChI=1S/C13H17FN2O/c1-3-7-16(8-6-15)10-11-4-5-13(17-2)12(14)9-11/h4-5,9H,3,7-8,10H2,1-2H3. The zero-order valence-corrected chi connectivity index (χ0v) is 10.2. The van der Waals surface area contributed by atoms with Gasteiger partial charge >= 0.3 is 0 Å². The van der Waals surface area contributed by atoms with Crippen LogP contribution in [0.4, 0.5) is 4.39 Å². The van der Waals surface area contributed by atoms with Crippen LogP contribution >= 0.6 is 0 Å². The molecule has 0 aliphatic carbocycles. The second-order valence-electron chi connectivity index (χ2n) is 3.84. The SMILES string of the molecule is CCCN(CC#N)Cc1ccc(OC)c(F)c1. The average molecular weight is 236 g/mol. The molecule has 0 saturated carbocycles. The Morgan fingerprint density at radius 2 is 2.24 bits per heavy atom. The van der Waals surface area contributed by atoms with E-state index in [1.807, 2.05) is 11.0 Å². The van der Waals surface area contributed by atoms with Crippen LogP contribution in [0.5, 0.6) is 5.75 Å². The second-order valence-corrected chi connectivity index (χ2v) is 3.84. The summed E-state index contributed by atoms with van der Waals surface area (Å²) in [6.45, 7) is 3.84. The van der Waals surface area contributed by atoms with Crippen molar-refractivity contribution >= 4 is 0 Å². The molecule has 17 heavy (non-hydrogen) atoms. The van der Waals surface area contributed by atoms with Crippen LogP contribution in [0, 0.1) is 17.1 Å². The van der Waals surface area contributed by atoms with Gasteiger partial charge in [-0.15, -0.1) is 0 Å². The van der Waals surface area contributed by atoms with E-state index in [2.05, 4.69) is 13.0 Å². The first-order valence-corrected chi connectivity index (χ1v) is 5.63. The van der Waals surface area contributed by atoms with Crippen molar-refractivity contribution in [3.63, 3.8) is 0 Å². The first-order valence-electron chi connectivity index (χ1n) is 5.63. The van der Waals surface area contributed by atoms with E-state index in [-0.39, 0.29) is 11.6 Å². The molecular weight excluding hydrogens is 219 g/mol. The molecule has 4 heteroatoms. The summed E-state index contributed by atoms with van der Waals surface area (Å²) in [7, 11) is 1.44. The molecule has 0 aliphatic rings. The Balaban J connectivity index is 2.72. The number of nitrogens with zero attached hydrogens (tertiary/aromatic N) is 2. The van der Waals surface area contributed by atoms with Crippen molar-refractivity contribution < 1.29 is 9.13 Å². The van der Waals surface area contributed by atoms with Gasteiger partial charge < -0.3 is 4.74 Å². The summed E-state index contributed by atoms with van der Waals surface area (Å²) >= 11 is 0. The zero-order valence-electron chi connectivity index (χ0n) is 10.2. The highest BCUT2D eigenvalue weighted by Gasteiger charge is 2.07. The largest absolute Gasteiger partial charge is 0.494 e. The van der Waals surface area contributed by atoms with Crippen molar-refractivity contribution in [1.29, 1.82) is 5.26 Å².